The summed E-state index contributed by atoms with van der Waals surface area (Å²) >= 11 is 0. The molecule has 6 heteroatoms. The summed E-state index contributed by atoms with van der Waals surface area (Å²) in [6.45, 7) is 5.87. The molecule has 0 aliphatic carbocycles. The van der Waals surface area contributed by atoms with Crippen LogP contribution in [0.1, 0.15) is 38.3 Å². The van der Waals surface area contributed by atoms with E-state index in [1.807, 2.05) is 57.2 Å². The Bertz CT molecular complexity index is 794. The second kappa shape index (κ2) is 8.78. The predicted molar refractivity (Wildman–Crippen MR) is 98.9 cm³/mol. The van der Waals surface area contributed by atoms with Crippen LogP contribution in [0.5, 0.6) is 0 Å². The number of nitrogens with two attached hydrogens (primary N) is 1. The number of hydrogen-bond acceptors (Lipinski definition) is 3. The summed E-state index contributed by atoms with van der Waals surface area (Å²) in [7, 11) is -3.62. The molecule has 5 nitrogen and oxygen atoms in total. The molecule has 0 aliphatic rings. The van der Waals surface area contributed by atoms with Gasteiger partial charge in [-0.25, -0.2) is 13.6 Å². The summed E-state index contributed by atoms with van der Waals surface area (Å²) in [6, 6.07) is 16.4. The van der Waals surface area contributed by atoms with Crippen molar-refractivity contribution < 1.29 is 18.3 Å². The number of aryl methyl sites for hydroxylation is 1. The molecule has 0 bridgehead atoms. The van der Waals surface area contributed by atoms with Gasteiger partial charge in [-0.3, -0.25) is 4.79 Å². The first kappa shape index (κ1) is 20.9. The molecule has 0 atom stereocenters. The lowest BCUT2D eigenvalue weighted by Crippen LogP contribution is -2.20. The van der Waals surface area contributed by atoms with Crippen LogP contribution in [0.4, 0.5) is 0 Å². The average Bonchev–Trinajstić information content (AvgIpc) is 2.53. The standard InChI is InChI=1S/C10H15NO2S.C9H10O2/c1-10(2,3)8-6-4-5-7-9(8)14(11,12)13;10-9(11)7-6-8-4-2-1-3-5-8/h4-7H,1-3H3,(H2,11,12,13);1-5H,6-7H2,(H,10,11). The van der Waals surface area contributed by atoms with Crippen LogP contribution in [0, 0.1) is 0 Å². The number of hydrogen-bond donors (Lipinski definition) is 2. The largest absolute Gasteiger partial charge is 0.481 e. The first-order valence-corrected chi connectivity index (χ1v) is 9.44. The molecular weight excluding hydrogens is 338 g/mol. The third-order valence-corrected chi connectivity index (χ3v) is 4.44. The minimum atomic E-state index is -3.62. The molecule has 2 aromatic carbocycles. The van der Waals surface area contributed by atoms with Crippen LogP contribution in [-0.2, 0) is 26.7 Å². The monoisotopic (exact) mass is 363 g/mol. The SMILES string of the molecule is CC(C)(C)c1ccccc1S(N)(=O)=O.O=C(O)CCc1ccccc1. The third kappa shape index (κ3) is 7.49. The smallest absolute Gasteiger partial charge is 0.303 e. The summed E-state index contributed by atoms with van der Waals surface area (Å²) in [4.78, 5) is 10.4. The molecule has 0 saturated heterocycles. The molecule has 0 aliphatic heterocycles. The number of carboxylic acids is 1. The Morgan fingerprint density at radius 3 is 1.96 bits per heavy atom. The van der Waals surface area contributed by atoms with E-state index in [9.17, 15) is 13.2 Å². The first-order chi connectivity index (χ1) is 11.5. The molecule has 0 radical (unpaired) electrons. The van der Waals surface area contributed by atoms with E-state index < -0.39 is 16.0 Å². The molecule has 0 aromatic heterocycles. The van der Waals surface area contributed by atoms with Crippen LogP contribution in [-0.4, -0.2) is 19.5 Å². The number of aliphatic carboxylic acids is 1. The number of benzene rings is 2. The van der Waals surface area contributed by atoms with Crippen LogP contribution in [0.25, 0.3) is 0 Å². The van der Waals surface area contributed by atoms with Gasteiger partial charge in [0.05, 0.1) is 4.90 Å². The normalized spacial score (nSPS) is 11.4. The molecule has 0 spiro atoms. The maximum atomic E-state index is 11.3. The summed E-state index contributed by atoms with van der Waals surface area (Å²) < 4.78 is 22.6. The van der Waals surface area contributed by atoms with Crippen molar-refractivity contribution in [2.75, 3.05) is 0 Å². The number of primary sulfonamides is 1. The topological polar surface area (TPSA) is 97.5 Å². The van der Waals surface area contributed by atoms with Gasteiger partial charge in [0.15, 0.2) is 0 Å². The van der Waals surface area contributed by atoms with Gasteiger partial charge in [0.25, 0.3) is 0 Å². The number of sulfonamides is 1. The van der Waals surface area contributed by atoms with Crippen LogP contribution in [0.15, 0.2) is 59.5 Å². The van der Waals surface area contributed by atoms with Crippen molar-refractivity contribution >= 4 is 16.0 Å². The van der Waals surface area contributed by atoms with E-state index in [2.05, 4.69) is 0 Å². The van der Waals surface area contributed by atoms with Gasteiger partial charge < -0.3 is 5.11 Å². The van der Waals surface area contributed by atoms with Gasteiger partial charge in [0.1, 0.15) is 0 Å². The molecule has 136 valence electrons. The van der Waals surface area contributed by atoms with E-state index in [4.69, 9.17) is 10.2 Å². The van der Waals surface area contributed by atoms with Gasteiger partial charge in [0.2, 0.25) is 10.0 Å². The lowest BCUT2D eigenvalue weighted by Gasteiger charge is -2.21. The number of carboxylic acid groups (broad SMARTS) is 1. The maximum absolute atomic E-state index is 11.3. The van der Waals surface area contributed by atoms with E-state index in [0.29, 0.717) is 6.42 Å². The minimum absolute atomic E-state index is 0.212. The Balaban J connectivity index is 0.000000257. The molecule has 0 unspecified atom stereocenters. The average molecular weight is 363 g/mol. The molecule has 0 amide bonds. The Kier molecular flexibility index (Phi) is 7.33. The zero-order valence-corrected chi connectivity index (χ0v) is 15.6. The van der Waals surface area contributed by atoms with Crippen molar-refractivity contribution in [1.82, 2.24) is 0 Å². The van der Waals surface area contributed by atoms with Crippen LogP contribution in [0.3, 0.4) is 0 Å². The van der Waals surface area contributed by atoms with E-state index >= 15 is 0 Å². The Morgan fingerprint density at radius 2 is 1.52 bits per heavy atom. The van der Waals surface area contributed by atoms with E-state index in [-0.39, 0.29) is 16.7 Å². The molecular formula is C19H25NO4S. The molecule has 3 N–H and O–H groups in total. The molecule has 2 aromatic rings. The fourth-order valence-electron chi connectivity index (χ4n) is 2.23. The fourth-order valence-corrected chi connectivity index (χ4v) is 3.18. The summed E-state index contributed by atoms with van der Waals surface area (Å²) in [5.74, 6) is -0.742. The van der Waals surface area contributed by atoms with Crippen LogP contribution < -0.4 is 5.14 Å². The highest BCUT2D eigenvalue weighted by atomic mass is 32.2. The highest BCUT2D eigenvalue weighted by Crippen LogP contribution is 2.27. The van der Waals surface area contributed by atoms with Gasteiger partial charge in [0, 0.05) is 6.42 Å². The Labute approximate surface area is 149 Å². The second-order valence-electron chi connectivity index (χ2n) is 6.67. The Morgan fingerprint density at radius 1 is 1.00 bits per heavy atom. The zero-order valence-electron chi connectivity index (χ0n) is 14.8. The van der Waals surface area contributed by atoms with Crippen molar-refractivity contribution in [3.8, 4) is 0 Å². The van der Waals surface area contributed by atoms with Gasteiger partial charge >= 0.3 is 5.97 Å². The Hall–Kier alpha value is -2.18. The van der Waals surface area contributed by atoms with Crippen molar-refractivity contribution in [1.29, 1.82) is 0 Å². The molecule has 0 heterocycles. The van der Waals surface area contributed by atoms with E-state index in [1.54, 1.807) is 12.1 Å². The van der Waals surface area contributed by atoms with Gasteiger partial charge in [-0.2, -0.15) is 0 Å². The molecule has 25 heavy (non-hydrogen) atoms. The van der Waals surface area contributed by atoms with Gasteiger partial charge in [-0.15, -0.1) is 0 Å². The van der Waals surface area contributed by atoms with Crippen LogP contribution >= 0.6 is 0 Å². The zero-order chi connectivity index (χ0) is 19.1. The lowest BCUT2D eigenvalue weighted by molar-refractivity contribution is -0.136. The summed E-state index contributed by atoms with van der Waals surface area (Å²) in [5, 5.41) is 13.5. The maximum Gasteiger partial charge on any atom is 0.303 e. The highest BCUT2D eigenvalue weighted by molar-refractivity contribution is 7.89. The minimum Gasteiger partial charge on any atom is -0.481 e. The molecule has 0 fully saturated rings. The second-order valence-corrected chi connectivity index (χ2v) is 8.20. The molecule has 2 rings (SSSR count). The highest BCUT2D eigenvalue weighted by Gasteiger charge is 2.22. The first-order valence-electron chi connectivity index (χ1n) is 7.90. The van der Waals surface area contributed by atoms with Gasteiger partial charge in [-0.05, 0) is 29.0 Å². The summed E-state index contributed by atoms with van der Waals surface area (Å²) in [6.07, 6.45) is 0.834. The van der Waals surface area contributed by atoms with E-state index in [0.717, 1.165) is 11.1 Å². The van der Waals surface area contributed by atoms with E-state index in [1.165, 1.54) is 6.07 Å². The van der Waals surface area contributed by atoms with Crippen molar-refractivity contribution in [2.45, 2.75) is 43.9 Å². The fraction of sp³-hybridized carbons (Fsp3) is 0.316. The summed E-state index contributed by atoms with van der Waals surface area (Å²) in [5.41, 5.74) is 1.61. The number of carbonyl (C=O) groups is 1. The molecule has 0 saturated carbocycles. The van der Waals surface area contributed by atoms with Crippen molar-refractivity contribution in [2.24, 2.45) is 5.14 Å². The third-order valence-electron chi connectivity index (χ3n) is 3.47. The lowest BCUT2D eigenvalue weighted by atomic mass is 9.87. The van der Waals surface area contributed by atoms with Crippen molar-refractivity contribution in [3.05, 3.63) is 65.7 Å². The quantitative estimate of drug-likeness (QED) is 0.870. The van der Waals surface area contributed by atoms with Crippen molar-refractivity contribution in [3.63, 3.8) is 0 Å². The van der Waals surface area contributed by atoms with Gasteiger partial charge in [-0.1, -0.05) is 69.3 Å². The predicted octanol–water partition coefficient (Wildman–Crippen LogP) is 3.34. The number of rotatable bonds is 4. The van der Waals surface area contributed by atoms with Crippen LogP contribution in [0.2, 0.25) is 0 Å².